The third kappa shape index (κ3) is 1.51. The third-order valence-corrected chi connectivity index (χ3v) is 2.49. The van der Waals surface area contributed by atoms with Crippen molar-refractivity contribution in [1.29, 1.82) is 0 Å². The molecule has 0 saturated carbocycles. The van der Waals surface area contributed by atoms with E-state index in [2.05, 4.69) is 63.6 Å². The lowest BCUT2D eigenvalue weighted by Gasteiger charge is -2.24. The fraction of sp³-hybridized carbons (Fsp3) is 0.231. The maximum Gasteiger partial charge on any atom is 0.140 e. The number of hydrogen-bond acceptors (Lipinski definition) is 0. The van der Waals surface area contributed by atoms with Crippen LogP contribution in [0.4, 0.5) is 5.69 Å². The molecule has 0 saturated heterocycles. The topological polar surface area (TPSA) is 0 Å². The Bertz CT molecular complexity index is 447. The van der Waals surface area contributed by atoms with Crippen LogP contribution in [0.25, 0.3) is 10.8 Å². The second-order valence-corrected chi connectivity index (χ2v) is 4.51. The molecule has 0 atom stereocenters. The van der Waals surface area contributed by atoms with Gasteiger partial charge in [0.25, 0.3) is 0 Å². The summed E-state index contributed by atoms with van der Waals surface area (Å²) in [5, 5.41) is 2.67. The first kappa shape index (κ1) is 9.22. The van der Waals surface area contributed by atoms with Crippen molar-refractivity contribution in [2.24, 2.45) is 0 Å². The number of hydrogen-bond donors (Lipinski definition) is 0. The van der Waals surface area contributed by atoms with Crippen LogP contribution >= 0.6 is 0 Å². The highest BCUT2D eigenvalue weighted by Crippen LogP contribution is 2.27. The van der Waals surface area contributed by atoms with Gasteiger partial charge in [0.2, 0.25) is 0 Å². The molecule has 2 aromatic carbocycles. The van der Waals surface area contributed by atoms with Gasteiger partial charge < -0.3 is 0 Å². The fourth-order valence-corrected chi connectivity index (χ4v) is 1.79. The molecule has 0 radical (unpaired) electrons. The molecule has 0 fully saturated rings. The van der Waals surface area contributed by atoms with E-state index in [-0.39, 0.29) is 0 Å². The van der Waals surface area contributed by atoms with Crippen LogP contribution in [-0.4, -0.2) is 21.1 Å². The first-order valence-corrected chi connectivity index (χ1v) is 4.89. The van der Waals surface area contributed by atoms with E-state index in [4.69, 9.17) is 0 Å². The number of rotatable bonds is 1. The first-order valence-electron chi connectivity index (χ1n) is 4.89. The van der Waals surface area contributed by atoms with Crippen molar-refractivity contribution in [3.8, 4) is 0 Å². The Kier molecular flexibility index (Phi) is 2.05. The summed E-state index contributed by atoms with van der Waals surface area (Å²) in [4.78, 5) is 0. The quantitative estimate of drug-likeness (QED) is 0.600. The minimum atomic E-state index is 0.862. The maximum absolute atomic E-state index is 2.20. The van der Waals surface area contributed by atoms with Crippen molar-refractivity contribution in [3.05, 3.63) is 42.5 Å². The van der Waals surface area contributed by atoms with Crippen molar-refractivity contribution in [1.82, 2.24) is 4.48 Å². The number of benzene rings is 2. The van der Waals surface area contributed by atoms with Gasteiger partial charge in [-0.15, -0.1) is 0 Å². The van der Waals surface area contributed by atoms with Crippen LogP contribution in [-0.2, 0) is 0 Å². The zero-order chi connectivity index (χ0) is 10.2. The summed E-state index contributed by atoms with van der Waals surface area (Å²) >= 11 is 0. The molecule has 0 amide bonds. The smallest absolute Gasteiger partial charge is 0.140 e. The van der Waals surface area contributed by atoms with Gasteiger partial charge in [-0.3, -0.25) is 4.48 Å². The van der Waals surface area contributed by atoms with Gasteiger partial charge in [-0.05, 0) is 17.5 Å². The Morgan fingerprint density at radius 2 is 1.43 bits per heavy atom. The Labute approximate surface area is 85.2 Å². The lowest BCUT2D eigenvalue weighted by molar-refractivity contribution is 0.490. The molecule has 0 spiro atoms. The van der Waals surface area contributed by atoms with Crippen molar-refractivity contribution in [3.63, 3.8) is 0 Å². The lowest BCUT2D eigenvalue weighted by Crippen LogP contribution is -2.34. The van der Waals surface area contributed by atoms with Gasteiger partial charge >= 0.3 is 0 Å². The molecule has 0 bridgehead atoms. The highest BCUT2D eigenvalue weighted by molar-refractivity contribution is 5.93. The number of fused-ring (bicyclic) bond motifs is 1. The molecule has 2 aromatic rings. The summed E-state index contributed by atoms with van der Waals surface area (Å²) in [6.45, 7) is 0. The largest absolute Gasteiger partial charge is 0.298 e. The Morgan fingerprint density at radius 1 is 0.786 bits per heavy atom. The molecule has 14 heavy (non-hydrogen) atoms. The highest BCUT2D eigenvalue weighted by Gasteiger charge is 2.14. The summed E-state index contributed by atoms with van der Waals surface area (Å²) in [7, 11) is 6.59. The van der Waals surface area contributed by atoms with Gasteiger partial charge in [0.1, 0.15) is 5.69 Å². The Morgan fingerprint density at radius 3 is 2.14 bits per heavy atom. The van der Waals surface area contributed by atoms with Crippen molar-refractivity contribution < 1.29 is 0 Å². The van der Waals surface area contributed by atoms with Gasteiger partial charge in [0.15, 0.2) is 0 Å². The van der Waals surface area contributed by atoms with Gasteiger partial charge in [-0.1, -0.05) is 30.3 Å². The summed E-state index contributed by atoms with van der Waals surface area (Å²) in [6, 6.07) is 15.0. The maximum atomic E-state index is 2.20. The molecule has 2 rings (SSSR count). The molecule has 0 aliphatic rings. The molecule has 72 valence electrons. The zero-order valence-electron chi connectivity index (χ0n) is 8.99. The molecular formula is C13H16N+. The first-order chi connectivity index (χ1) is 6.59. The minimum Gasteiger partial charge on any atom is -0.298 e. The van der Waals surface area contributed by atoms with Gasteiger partial charge in [-0.25, -0.2) is 0 Å². The van der Waals surface area contributed by atoms with E-state index in [1.54, 1.807) is 0 Å². The Balaban J connectivity index is 2.78. The molecule has 0 unspecified atom stereocenters. The van der Waals surface area contributed by atoms with E-state index in [0.717, 1.165) is 4.48 Å². The summed E-state index contributed by atoms with van der Waals surface area (Å²) in [6.07, 6.45) is 0. The predicted molar refractivity (Wildman–Crippen MR) is 63.5 cm³/mol. The number of quaternary nitrogens is 1. The molecule has 0 N–H and O–H groups in total. The van der Waals surface area contributed by atoms with Crippen molar-refractivity contribution >= 4 is 16.5 Å². The van der Waals surface area contributed by atoms with E-state index in [1.807, 2.05) is 0 Å². The van der Waals surface area contributed by atoms with Crippen LogP contribution in [0.5, 0.6) is 0 Å². The van der Waals surface area contributed by atoms with Crippen LogP contribution in [0.2, 0.25) is 0 Å². The number of nitrogens with zero attached hydrogens (tertiary/aromatic N) is 1. The van der Waals surface area contributed by atoms with E-state index in [0.29, 0.717) is 0 Å². The molecule has 0 heterocycles. The lowest BCUT2D eigenvalue weighted by atomic mass is 10.1. The van der Waals surface area contributed by atoms with E-state index in [1.165, 1.54) is 16.5 Å². The average Bonchev–Trinajstić information content (AvgIpc) is 2.15. The van der Waals surface area contributed by atoms with Gasteiger partial charge in [0.05, 0.1) is 21.1 Å². The molecule has 1 heteroatoms. The second-order valence-electron chi connectivity index (χ2n) is 4.51. The van der Waals surface area contributed by atoms with Crippen molar-refractivity contribution in [2.75, 3.05) is 21.1 Å². The Hall–Kier alpha value is -1.34. The predicted octanol–water partition coefficient (Wildman–Crippen LogP) is 3.04. The average molecular weight is 186 g/mol. The third-order valence-electron chi connectivity index (χ3n) is 2.49. The van der Waals surface area contributed by atoms with E-state index < -0.39 is 0 Å². The van der Waals surface area contributed by atoms with Gasteiger partial charge in [0, 0.05) is 5.39 Å². The standard InChI is InChI=1S/C13H16N/c1-14(2,3)13-10-6-8-11-7-4-5-9-12(11)13/h4-10H,1-3H3/q+1. The highest BCUT2D eigenvalue weighted by atomic mass is 15.3. The van der Waals surface area contributed by atoms with Crippen LogP contribution < -0.4 is 4.48 Å². The SMILES string of the molecule is C[N+](C)(C)c1cccc2ccccc12. The van der Waals surface area contributed by atoms with E-state index in [9.17, 15) is 0 Å². The van der Waals surface area contributed by atoms with Gasteiger partial charge in [-0.2, -0.15) is 0 Å². The van der Waals surface area contributed by atoms with E-state index >= 15 is 0 Å². The van der Waals surface area contributed by atoms with Crippen molar-refractivity contribution in [2.45, 2.75) is 0 Å². The molecule has 0 aliphatic heterocycles. The molecule has 0 aromatic heterocycles. The zero-order valence-corrected chi connectivity index (χ0v) is 8.99. The summed E-state index contributed by atoms with van der Waals surface area (Å²) in [5.41, 5.74) is 1.36. The normalized spacial score (nSPS) is 11.9. The fourth-order valence-electron chi connectivity index (χ4n) is 1.79. The van der Waals surface area contributed by atoms with Crippen LogP contribution in [0.15, 0.2) is 42.5 Å². The molecular weight excluding hydrogens is 170 g/mol. The second kappa shape index (κ2) is 3.10. The molecule has 0 aliphatic carbocycles. The minimum absolute atomic E-state index is 0.862. The van der Waals surface area contributed by atoms with Crippen LogP contribution in [0, 0.1) is 0 Å². The van der Waals surface area contributed by atoms with Crippen LogP contribution in [0.3, 0.4) is 0 Å². The summed E-state index contributed by atoms with van der Waals surface area (Å²) < 4.78 is 0.862. The molecule has 1 nitrogen and oxygen atoms in total. The monoisotopic (exact) mass is 186 g/mol. The summed E-state index contributed by atoms with van der Waals surface area (Å²) in [5.74, 6) is 0. The van der Waals surface area contributed by atoms with Crippen LogP contribution in [0.1, 0.15) is 0 Å².